The summed E-state index contributed by atoms with van der Waals surface area (Å²) in [6, 6.07) is 8.38. The van der Waals surface area contributed by atoms with Gasteiger partial charge in [-0.15, -0.1) is 0 Å². The standard InChI is InChI=1S/C14H19ClN2O/c1-9(11-4-3-5-12(15)8-11)16-10(2)14(18)17-13-6-7-13/h3-5,8-10,13,16H,6-7H2,1-2H3,(H,17,18)/p+1/t9-,10+/m1/s1. The van der Waals surface area contributed by atoms with E-state index in [0.29, 0.717) is 6.04 Å². The van der Waals surface area contributed by atoms with Crippen LogP contribution in [0, 0.1) is 0 Å². The molecule has 0 bridgehead atoms. The molecule has 1 saturated carbocycles. The Bertz CT molecular complexity index is 432. The van der Waals surface area contributed by atoms with Crippen molar-refractivity contribution < 1.29 is 10.1 Å². The number of halogens is 1. The molecule has 1 aliphatic rings. The van der Waals surface area contributed by atoms with Crippen LogP contribution in [0.2, 0.25) is 5.02 Å². The molecular formula is C14H20ClN2O+. The molecule has 0 saturated heterocycles. The molecular weight excluding hydrogens is 248 g/mol. The Morgan fingerprint density at radius 3 is 2.78 bits per heavy atom. The molecule has 0 radical (unpaired) electrons. The third-order valence-corrected chi connectivity index (χ3v) is 3.52. The van der Waals surface area contributed by atoms with Crippen LogP contribution in [0.1, 0.15) is 38.3 Å². The van der Waals surface area contributed by atoms with Gasteiger partial charge in [0.05, 0.1) is 0 Å². The first-order chi connectivity index (χ1) is 8.56. The summed E-state index contributed by atoms with van der Waals surface area (Å²) >= 11 is 5.97. The van der Waals surface area contributed by atoms with Crippen molar-refractivity contribution in [3.63, 3.8) is 0 Å². The summed E-state index contributed by atoms with van der Waals surface area (Å²) < 4.78 is 0. The van der Waals surface area contributed by atoms with Gasteiger partial charge in [-0.2, -0.15) is 0 Å². The van der Waals surface area contributed by atoms with Crippen molar-refractivity contribution in [1.82, 2.24) is 5.32 Å². The quantitative estimate of drug-likeness (QED) is 0.837. The maximum absolute atomic E-state index is 11.9. The van der Waals surface area contributed by atoms with Gasteiger partial charge in [0.15, 0.2) is 6.04 Å². The lowest BCUT2D eigenvalue weighted by Gasteiger charge is -2.16. The Morgan fingerprint density at radius 2 is 2.17 bits per heavy atom. The van der Waals surface area contributed by atoms with Gasteiger partial charge in [-0.05, 0) is 38.8 Å². The minimum atomic E-state index is -0.0698. The predicted molar refractivity (Wildman–Crippen MR) is 72.4 cm³/mol. The summed E-state index contributed by atoms with van der Waals surface area (Å²) in [5, 5.41) is 5.84. The van der Waals surface area contributed by atoms with Gasteiger partial charge >= 0.3 is 0 Å². The second kappa shape index (κ2) is 5.72. The fourth-order valence-corrected chi connectivity index (χ4v) is 2.18. The highest BCUT2D eigenvalue weighted by Crippen LogP contribution is 2.18. The summed E-state index contributed by atoms with van der Waals surface area (Å²) in [6.07, 6.45) is 2.25. The smallest absolute Gasteiger partial charge is 0.278 e. The highest BCUT2D eigenvalue weighted by molar-refractivity contribution is 6.30. The van der Waals surface area contributed by atoms with Crippen LogP contribution in [-0.2, 0) is 4.79 Å². The minimum Gasteiger partial charge on any atom is -0.348 e. The molecule has 2 rings (SSSR count). The molecule has 0 aliphatic heterocycles. The number of nitrogens with two attached hydrogens (primary N) is 1. The zero-order valence-electron chi connectivity index (χ0n) is 10.8. The third kappa shape index (κ3) is 3.72. The lowest BCUT2D eigenvalue weighted by molar-refractivity contribution is -0.710. The number of nitrogens with one attached hydrogen (secondary N) is 1. The van der Waals surface area contributed by atoms with Crippen LogP contribution in [0.3, 0.4) is 0 Å². The van der Waals surface area contributed by atoms with Crippen LogP contribution < -0.4 is 10.6 Å². The summed E-state index contributed by atoms with van der Waals surface area (Å²) in [6.45, 7) is 4.03. The molecule has 18 heavy (non-hydrogen) atoms. The zero-order valence-corrected chi connectivity index (χ0v) is 11.6. The van der Waals surface area contributed by atoms with Gasteiger partial charge in [-0.25, -0.2) is 0 Å². The Balaban J connectivity index is 1.89. The molecule has 4 heteroatoms. The Morgan fingerprint density at radius 1 is 1.44 bits per heavy atom. The van der Waals surface area contributed by atoms with E-state index in [1.807, 2.05) is 31.2 Å². The van der Waals surface area contributed by atoms with Gasteiger partial charge in [0.2, 0.25) is 0 Å². The van der Waals surface area contributed by atoms with Gasteiger partial charge in [0.25, 0.3) is 5.91 Å². The van der Waals surface area contributed by atoms with Gasteiger partial charge in [-0.1, -0.05) is 23.7 Å². The first-order valence-electron chi connectivity index (χ1n) is 6.47. The van der Waals surface area contributed by atoms with E-state index in [4.69, 9.17) is 11.6 Å². The van der Waals surface area contributed by atoms with E-state index in [2.05, 4.69) is 17.6 Å². The van der Waals surface area contributed by atoms with E-state index in [0.717, 1.165) is 23.4 Å². The average molecular weight is 268 g/mol. The fourth-order valence-electron chi connectivity index (χ4n) is 1.98. The molecule has 98 valence electrons. The molecule has 1 aliphatic carbocycles. The molecule has 1 aromatic carbocycles. The Labute approximate surface area is 113 Å². The van der Waals surface area contributed by atoms with E-state index in [-0.39, 0.29) is 18.0 Å². The fraction of sp³-hybridized carbons (Fsp3) is 0.500. The largest absolute Gasteiger partial charge is 0.348 e. The average Bonchev–Trinajstić information content (AvgIpc) is 3.12. The number of rotatable bonds is 5. The molecule has 1 aromatic rings. The second-order valence-electron chi connectivity index (χ2n) is 5.11. The lowest BCUT2D eigenvalue weighted by atomic mass is 10.1. The zero-order chi connectivity index (χ0) is 13.1. The van der Waals surface area contributed by atoms with Crippen molar-refractivity contribution in [2.75, 3.05) is 0 Å². The number of benzene rings is 1. The van der Waals surface area contributed by atoms with E-state index in [9.17, 15) is 4.79 Å². The normalized spacial score (nSPS) is 18.2. The summed E-state index contributed by atoms with van der Waals surface area (Å²) in [4.78, 5) is 11.9. The van der Waals surface area contributed by atoms with E-state index in [1.165, 1.54) is 0 Å². The number of hydrogen-bond acceptors (Lipinski definition) is 1. The van der Waals surface area contributed by atoms with E-state index >= 15 is 0 Å². The number of carbonyl (C=O) groups is 1. The Hall–Kier alpha value is -1.06. The van der Waals surface area contributed by atoms with Crippen molar-refractivity contribution in [2.24, 2.45) is 0 Å². The van der Waals surface area contributed by atoms with Crippen LogP contribution >= 0.6 is 11.6 Å². The summed E-state index contributed by atoms with van der Waals surface area (Å²) in [7, 11) is 0. The van der Waals surface area contributed by atoms with Crippen LogP contribution in [0.25, 0.3) is 0 Å². The van der Waals surface area contributed by atoms with Gasteiger partial charge in [0.1, 0.15) is 6.04 Å². The molecule has 0 unspecified atom stereocenters. The second-order valence-corrected chi connectivity index (χ2v) is 5.54. The van der Waals surface area contributed by atoms with Gasteiger partial charge in [-0.3, -0.25) is 4.79 Å². The predicted octanol–water partition coefficient (Wildman–Crippen LogP) is 1.63. The summed E-state index contributed by atoms with van der Waals surface area (Å²) in [5.74, 6) is 0.131. The molecule has 1 amide bonds. The number of quaternary nitrogens is 1. The van der Waals surface area contributed by atoms with Gasteiger partial charge < -0.3 is 10.6 Å². The first-order valence-corrected chi connectivity index (χ1v) is 6.85. The molecule has 3 nitrogen and oxygen atoms in total. The van der Waals surface area contributed by atoms with Crippen molar-refractivity contribution in [3.8, 4) is 0 Å². The number of amides is 1. The molecule has 3 N–H and O–H groups in total. The topological polar surface area (TPSA) is 45.7 Å². The van der Waals surface area contributed by atoms with Crippen molar-refractivity contribution in [1.29, 1.82) is 0 Å². The maximum atomic E-state index is 11.9. The maximum Gasteiger partial charge on any atom is 0.278 e. The van der Waals surface area contributed by atoms with Gasteiger partial charge in [0, 0.05) is 16.6 Å². The first kappa shape index (κ1) is 13.4. The SMILES string of the molecule is C[C@H]([NH2+][C@H](C)c1cccc(Cl)c1)C(=O)NC1CC1. The van der Waals surface area contributed by atoms with Crippen LogP contribution in [0.5, 0.6) is 0 Å². The monoisotopic (exact) mass is 267 g/mol. The van der Waals surface area contributed by atoms with Crippen molar-refractivity contribution in [2.45, 2.75) is 44.8 Å². The molecule has 0 heterocycles. The third-order valence-electron chi connectivity index (χ3n) is 3.29. The van der Waals surface area contributed by atoms with Crippen molar-refractivity contribution >= 4 is 17.5 Å². The Kier molecular flexibility index (Phi) is 4.25. The highest BCUT2D eigenvalue weighted by Gasteiger charge is 2.27. The highest BCUT2D eigenvalue weighted by atomic mass is 35.5. The molecule has 0 spiro atoms. The molecule has 0 aromatic heterocycles. The summed E-state index contributed by atoms with van der Waals surface area (Å²) in [5.41, 5.74) is 1.15. The van der Waals surface area contributed by atoms with Crippen molar-refractivity contribution in [3.05, 3.63) is 34.9 Å². The van der Waals surface area contributed by atoms with E-state index < -0.39 is 0 Å². The molecule has 2 atom stereocenters. The molecule has 1 fully saturated rings. The van der Waals surface area contributed by atoms with E-state index in [1.54, 1.807) is 0 Å². The lowest BCUT2D eigenvalue weighted by Crippen LogP contribution is -2.92. The van der Waals surface area contributed by atoms with Crippen LogP contribution in [-0.4, -0.2) is 18.0 Å². The minimum absolute atomic E-state index is 0.0698. The number of hydrogen-bond donors (Lipinski definition) is 2. The number of carbonyl (C=O) groups excluding carboxylic acids is 1. The van der Waals surface area contributed by atoms with Crippen LogP contribution in [0.4, 0.5) is 0 Å². The van der Waals surface area contributed by atoms with Crippen LogP contribution in [0.15, 0.2) is 24.3 Å².